The van der Waals surface area contributed by atoms with Gasteiger partial charge in [0, 0.05) is 0 Å². The van der Waals surface area contributed by atoms with E-state index in [9.17, 15) is 9.18 Å². The van der Waals surface area contributed by atoms with Gasteiger partial charge in [-0.05, 0) is 56.2 Å². The lowest BCUT2D eigenvalue weighted by Crippen LogP contribution is -2.37. The third kappa shape index (κ3) is 4.32. The van der Waals surface area contributed by atoms with Crippen LogP contribution in [0.3, 0.4) is 0 Å². The van der Waals surface area contributed by atoms with Gasteiger partial charge in [-0.2, -0.15) is 0 Å². The van der Waals surface area contributed by atoms with Crippen LogP contribution in [0.15, 0.2) is 48.5 Å². The summed E-state index contributed by atoms with van der Waals surface area (Å²) >= 11 is 0. The molecule has 4 heteroatoms. The van der Waals surface area contributed by atoms with Gasteiger partial charge in [0.25, 0.3) is 5.91 Å². The van der Waals surface area contributed by atoms with Crippen molar-refractivity contribution < 1.29 is 13.9 Å². The van der Waals surface area contributed by atoms with Crippen LogP contribution in [-0.2, 0) is 4.79 Å². The molecule has 0 saturated carbocycles. The third-order valence-electron chi connectivity index (χ3n) is 3.40. The Morgan fingerprint density at radius 1 is 1.14 bits per heavy atom. The highest BCUT2D eigenvalue weighted by Gasteiger charge is 2.17. The minimum atomic E-state index is -0.607. The third-order valence-corrected chi connectivity index (χ3v) is 3.40. The number of carbonyl (C=O) groups is 1. The Bertz CT molecular complexity index is 640. The summed E-state index contributed by atoms with van der Waals surface area (Å²) in [6.07, 6.45) is -0.607. The number of nitrogens with one attached hydrogen (secondary N) is 1. The largest absolute Gasteiger partial charge is 0.481 e. The van der Waals surface area contributed by atoms with Gasteiger partial charge < -0.3 is 10.1 Å². The minimum Gasteiger partial charge on any atom is -0.481 e. The van der Waals surface area contributed by atoms with Crippen molar-refractivity contribution in [3.8, 4) is 5.75 Å². The molecular formula is C18H20FNO2. The second kappa shape index (κ2) is 7.07. The first kappa shape index (κ1) is 16.0. The molecule has 0 bridgehead atoms. The van der Waals surface area contributed by atoms with Crippen LogP contribution in [0.25, 0.3) is 0 Å². The monoisotopic (exact) mass is 301 g/mol. The average molecular weight is 301 g/mol. The minimum absolute atomic E-state index is 0.210. The lowest BCUT2D eigenvalue weighted by Gasteiger charge is -2.19. The molecule has 116 valence electrons. The lowest BCUT2D eigenvalue weighted by atomic mass is 10.1. The van der Waals surface area contributed by atoms with E-state index in [1.807, 2.05) is 38.1 Å². The van der Waals surface area contributed by atoms with E-state index < -0.39 is 6.10 Å². The van der Waals surface area contributed by atoms with Gasteiger partial charge in [-0.3, -0.25) is 4.79 Å². The Kier molecular flexibility index (Phi) is 5.15. The maximum atomic E-state index is 12.9. The Morgan fingerprint density at radius 2 is 1.82 bits per heavy atom. The molecule has 0 saturated heterocycles. The molecule has 2 aromatic carbocycles. The predicted octanol–water partition coefficient (Wildman–Crippen LogP) is 3.78. The zero-order valence-electron chi connectivity index (χ0n) is 13.0. The van der Waals surface area contributed by atoms with Crippen LogP contribution >= 0.6 is 0 Å². The maximum Gasteiger partial charge on any atom is 0.261 e. The highest BCUT2D eigenvalue weighted by atomic mass is 19.1. The van der Waals surface area contributed by atoms with Crippen LogP contribution in [0.2, 0.25) is 0 Å². The predicted molar refractivity (Wildman–Crippen MR) is 84.2 cm³/mol. The van der Waals surface area contributed by atoms with E-state index in [-0.39, 0.29) is 17.8 Å². The molecule has 0 fully saturated rings. The number of carbonyl (C=O) groups excluding carboxylic acids is 1. The first-order chi connectivity index (χ1) is 10.5. The summed E-state index contributed by atoms with van der Waals surface area (Å²) in [5, 5.41) is 2.86. The van der Waals surface area contributed by atoms with Crippen LogP contribution in [-0.4, -0.2) is 12.0 Å². The molecule has 2 aromatic rings. The van der Waals surface area contributed by atoms with Gasteiger partial charge in [0.2, 0.25) is 0 Å². The first-order valence-electron chi connectivity index (χ1n) is 7.25. The fraction of sp³-hybridized carbons (Fsp3) is 0.278. The van der Waals surface area contributed by atoms with E-state index in [1.54, 1.807) is 19.1 Å². The van der Waals surface area contributed by atoms with Crippen LogP contribution < -0.4 is 10.1 Å². The molecule has 0 aliphatic carbocycles. The highest BCUT2D eigenvalue weighted by molar-refractivity contribution is 5.81. The number of aryl methyl sites for hydroxylation is 1. The standard InChI is InChI=1S/C18H20FNO2/c1-12-5-4-6-17(11-12)22-14(3)18(21)20-13(2)15-7-9-16(19)10-8-15/h4-11,13-14H,1-3H3,(H,20,21)/t13-,14+/m1/s1. The van der Waals surface area contributed by atoms with E-state index in [4.69, 9.17) is 4.74 Å². The summed E-state index contributed by atoms with van der Waals surface area (Å²) in [7, 11) is 0. The second-order valence-electron chi connectivity index (χ2n) is 5.36. The van der Waals surface area contributed by atoms with Crippen molar-refractivity contribution in [2.24, 2.45) is 0 Å². The summed E-state index contributed by atoms with van der Waals surface area (Å²) in [5.74, 6) is 0.161. The first-order valence-corrected chi connectivity index (χ1v) is 7.25. The molecule has 0 aromatic heterocycles. The van der Waals surface area contributed by atoms with Crippen molar-refractivity contribution in [3.05, 3.63) is 65.5 Å². The van der Waals surface area contributed by atoms with Gasteiger partial charge in [0.05, 0.1) is 6.04 Å². The summed E-state index contributed by atoms with van der Waals surface area (Å²) in [4.78, 5) is 12.2. The number of rotatable bonds is 5. The Balaban J connectivity index is 1.94. The highest BCUT2D eigenvalue weighted by Crippen LogP contribution is 2.16. The van der Waals surface area contributed by atoms with Gasteiger partial charge in [-0.1, -0.05) is 24.3 Å². The molecule has 0 spiro atoms. The topological polar surface area (TPSA) is 38.3 Å². The quantitative estimate of drug-likeness (QED) is 0.912. The molecule has 0 radical (unpaired) electrons. The zero-order valence-corrected chi connectivity index (χ0v) is 13.0. The summed E-state index contributed by atoms with van der Waals surface area (Å²) in [6.45, 7) is 5.52. The molecule has 3 nitrogen and oxygen atoms in total. The average Bonchev–Trinajstić information content (AvgIpc) is 2.47. The van der Waals surface area contributed by atoms with Crippen molar-refractivity contribution in [1.82, 2.24) is 5.32 Å². The molecular weight excluding hydrogens is 281 g/mol. The molecule has 0 aliphatic rings. The van der Waals surface area contributed by atoms with E-state index in [1.165, 1.54) is 12.1 Å². The Hall–Kier alpha value is -2.36. The fourth-order valence-electron chi connectivity index (χ4n) is 2.11. The molecule has 2 rings (SSSR count). The SMILES string of the molecule is Cc1cccc(O[C@@H](C)C(=O)N[C@H](C)c2ccc(F)cc2)c1. The summed E-state index contributed by atoms with van der Waals surface area (Å²) in [5.41, 5.74) is 1.92. The van der Waals surface area contributed by atoms with Crippen molar-refractivity contribution >= 4 is 5.91 Å². The van der Waals surface area contributed by atoms with Crippen molar-refractivity contribution in [2.75, 3.05) is 0 Å². The fourth-order valence-corrected chi connectivity index (χ4v) is 2.11. The van der Waals surface area contributed by atoms with Crippen LogP contribution in [0.1, 0.15) is 31.0 Å². The van der Waals surface area contributed by atoms with Crippen LogP contribution in [0.5, 0.6) is 5.75 Å². The number of amides is 1. The molecule has 0 unspecified atom stereocenters. The van der Waals surface area contributed by atoms with Gasteiger partial charge in [-0.25, -0.2) is 4.39 Å². The van der Waals surface area contributed by atoms with Gasteiger partial charge in [-0.15, -0.1) is 0 Å². The van der Waals surface area contributed by atoms with Crippen molar-refractivity contribution in [3.63, 3.8) is 0 Å². The smallest absolute Gasteiger partial charge is 0.261 e. The summed E-state index contributed by atoms with van der Waals surface area (Å²) in [6, 6.07) is 13.4. The number of hydrogen-bond donors (Lipinski definition) is 1. The molecule has 0 aliphatic heterocycles. The van der Waals surface area contributed by atoms with E-state index in [2.05, 4.69) is 5.32 Å². The van der Waals surface area contributed by atoms with E-state index in [0.29, 0.717) is 5.75 Å². The normalized spacial score (nSPS) is 13.3. The number of benzene rings is 2. The van der Waals surface area contributed by atoms with Crippen molar-refractivity contribution in [2.45, 2.75) is 32.9 Å². The second-order valence-corrected chi connectivity index (χ2v) is 5.36. The van der Waals surface area contributed by atoms with Crippen LogP contribution in [0.4, 0.5) is 4.39 Å². The molecule has 22 heavy (non-hydrogen) atoms. The number of hydrogen-bond acceptors (Lipinski definition) is 2. The van der Waals surface area contributed by atoms with Gasteiger partial charge in [0.15, 0.2) is 6.10 Å². The molecule has 1 amide bonds. The molecule has 1 N–H and O–H groups in total. The number of ether oxygens (including phenoxy) is 1. The van der Waals surface area contributed by atoms with E-state index >= 15 is 0 Å². The lowest BCUT2D eigenvalue weighted by molar-refractivity contribution is -0.127. The Labute approximate surface area is 130 Å². The Morgan fingerprint density at radius 3 is 2.45 bits per heavy atom. The van der Waals surface area contributed by atoms with Gasteiger partial charge in [0.1, 0.15) is 11.6 Å². The van der Waals surface area contributed by atoms with Crippen LogP contribution in [0, 0.1) is 12.7 Å². The zero-order chi connectivity index (χ0) is 16.1. The van der Waals surface area contributed by atoms with Gasteiger partial charge >= 0.3 is 0 Å². The van der Waals surface area contributed by atoms with E-state index in [0.717, 1.165) is 11.1 Å². The molecule has 2 atom stereocenters. The molecule has 0 heterocycles. The maximum absolute atomic E-state index is 12.9. The van der Waals surface area contributed by atoms with Crippen molar-refractivity contribution in [1.29, 1.82) is 0 Å². The summed E-state index contributed by atoms with van der Waals surface area (Å²) < 4.78 is 18.5. The number of halogens is 1.